The van der Waals surface area contributed by atoms with Gasteiger partial charge in [0, 0.05) is 11.4 Å². The van der Waals surface area contributed by atoms with Crippen LogP contribution in [-0.2, 0) is 0 Å². The molecule has 0 spiro atoms. The van der Waals surface area contributed by atoms with E-state index in [2.05, 4.69) is 41.2 Å². The topological polar surface area (TPSA) is 63.8 Å². The third-order valence-corrected chi connectivity index (χ3v) is 3.58. The summed E-state index contributed by atoms with van der Waals surface area (Å²) in [6, 6.07) is 0.323. The molecule has 2 unspecified atom stereocenters. The van der Waals surface area contributed by atoms with Crippen LogP contribution in [0.3, 0.4) is 0 Å². The zero-order valence-corrected chi connectivity index (χ0v) is 11.7. The largest absolute Gasteiger partial charge is 0.339 e. The first-order valence-corrected chi connectivity index (χ1v) is 7.16. The minimum atomic E-state index is 0.241. The molecule has 0 radical (unpaired) electrons. The molecule has 1 N–H and O–H groups in total. The van der Waals surface area contributed by atoms with Crippen LogP contribution in [0.5, 0.6) is 0 Å². The summed E-state index contributed by atoms with van der Waals surface area (Å²) >= 11 is 1.53. The summed E-state index contributed by atoms with van der Waals surface area (Å²) in [5.74, 6) is 1.51. The molecule has 0 aromatic carbocycles. The van der Waals surface area contributed by atoms with Crippen LogP contribution in [0.15, 0.2) is 15.4 Å². The van der Waals surface area contributed by atoms with Gasteiger partial charge < -0.3 is 9.84 Å². The number of nitrogens with one attached hydrogen (secondary N) is 1. The summed E-state index contributed by atoms with van der Waals surface area (Å²) in [7, 11) is 0. The maximum absolute atomic E-state index is 5.37. The fourth-order valence-corrected chi connectivity index (χ4v) is 2.55. The monoisotopic (exact) mass is 266 g/mol. The van der Waals surface area contributed by atoms with E-state index < -0.39 is 0 Å². The van der Waals surface area contributed by atoms with E-state index in [0.717, 1.165) is 18.7 Å². The van der Waals surface area contributed by atoms with Crippen LogP contribution in [0.4, 0.5) is 0 Å². The lowest BCUT2D eigenvalue weighted by Crippen LogP contribution is -2.31. The van der Waals surface area contributed by atoms with Crippen LogP contribution in [0, 0.1) is 0 Å². The van der Waals surface area contributed by atoms with Gasteiger partial charge in [-0.25, -0.2) is 4.98 Å². The van der Waals surface area contributed by atoms with E-state index in [-0.39, 0.29) is 5.92 Å². The van der Waals surface area contributed by atoms with E-state index in [1.807, 2.05) is 5.38 Å². The summed E-state index contributed by atoms with van der Waals surface area (Å²) in [6.07, 6.45) is 0.965. The van der Waals surface area contributed by atoms with E-state index in [9.17, 15) is 0 Å². The number of likely N-dealkylation sites (N-methyl/N-ethyl adjacent to an activating group) is 1. The summed E-state index contributed by atoms with van der Waals surface area (Å²) in [5, 5.41) is 9.32. The van der Waals surface area contributed by atoms with Crippen LogP contribution < -0.4 is 5.32 Å². The molecule has 0 amide bonds. The number of hydrogen-bond acceptors (Lipinski definition) is 6. The minimum absolute atomic E-state index is 0.241. The molecule has 2 rings (SSSR count). The highest BCUT2D eigenvalue weighted by atomic mass is 32.1. The van der Waals surface area contributed by atoms with Crippen molar-refractivity contribution in [3.05, 3.63) is 16.8 Å². The van der Waals surface area contributed by atoms with Crippen molar-refractivity contribution >= 4 is 11.3 Å². The second-order valence-corrected chi connectivity index (χ2v) is 4.91. The summed E-state index contributed by atoms with van der Waals surface area (Å²) in [5.41, 5.74) is 2.55. The maximum atomic E-state index is 5.37. The van der Waals surface area contributed by atoms with Crippen molar-refractivity contribution in [3.8, 4) is 11.5 Å². The van der Waals surface area contributed by atoms with Gasteiger partial charge in [0.05, 0.1) is 11.4 Å². The Balaban J connectivity index is 2.17. The second kappa shape index (κ2) is 6.06. The van der Waals surface area contributed by atoms with Gasteiger partial charge in [-0.2, -0.15) is 4.98 Å². The quantitative estimate of drug-likeness (QED) is 0.871. The average molecular weight is 266 g/mol. The Morgan fingerprint density at radius 1 is 1.44 bits per heavy atom. The van der Waals surface area contributed by atoms with E-state index in [0.29, 0.717) is 17.8 Å². The molecule has 2 atom stereocenters. The molecule has 2 aromatic heterocycles. The third-order valence-electron chi connectivity index (χ3n) is 2.99. The average Bonchev–Trinajstić information content (AvgIpc) is 3.00. The Bertz CT molecular complexity index is 468. The Kier molecular flexibility index (Phi) is 4.43. The molecule has 0 aliphatic rings. The molecular weight excluding hydrogens is 248 g/mol. The van der Waals surface area contributed by atoms with Crippen molar-refractivity contribution in [1.82, 2.24) is 20.4 Å². The molecule has 5 nitrogen and oxygen atoms in total. The molecular formula is C12H18N4OS. The van der Waals surface area contributed by atoms with Crippen molar-refractivity contribution < 1.29 is 4.52 Å². The number of thiazole rings is 1. The lowest BCUT2D eigenvalue weighted by molar-refractivity contribution is 0.318. The molecule has 98 valence electrons. The Morgan fingerprint density at radius 2 is 2.28 bits per heavy atom. The molecule has 0 aliphatic carbocycles. The number of rotatable bonds is 6. The zero-order chi connectivity index (χ0) is 13.0. The first kappa shape index (κ1) is 13.2. The van der Waals surface area contributed by atoms with Crippen molar-refractivity contribution in [1.29, 1.82) is 0 Å². The highest BCUT2D eigenvalue weighted by Gasteiger charge is 2.23. The van der Waals surface area contributed by atoms with Crippen molar-refractivity contribution in [2.45, 2.75) is 39.2 Å². The van der Waals surface area contributed by atoms with Gasteiger partial charge in [-0.3, -0.25) is 0 Å². The highest BCUT2D eigenvalue weighted by Crippen LogP contribution is 2.24. The highest BCUT2D eigenvalue weighted by molar-refractivity contribution is 7.07. The summed E-state index contributed by atoms with van der Waals surface area (Å²) < 4.78 is 5.37. The van der Waals surface area contributed by atoms with E-state index in [1.54, 1.807) is 5.51 Å². The van der Waals surface area contributed by atoms with Gasteiger partial charge in [0.2, 0.25) is 11.7 Å². The van der Waals surface area contributed by atoms with Gasteiger partial charge >= 0.3 is 0 Å². The van der Waals surface area contributed by atoms with Gasteiger partial charge in [0.1, 0.15) is 5.69 Å². The SMILES string of the molecule is CCNC(C)C(CC)c1nc(-c2cscn2)no1. The van der Waals surface area contributed by atoms with Crippen LogP contribution in [0.2, 0.25) is 0 Å². The first-order valence-electron chi connectivity index (χ1n) is 6.21. The molecule has 18 heavy (non-hydrogen) atoms. The lowest BCUT2D eigenvalue weighted by atomic mass is 9.98. The van der Waals surface area contributed by atoms with E-state index >= 15 is 0 Å². The summed E-state index contributed by atoms with van der Waals surface area (Å²) in [4.78, 5) is 8.64. The van der Waals surface area contributed by atoms with Gasteiger partial charge in [0.25, 0.3) is 0 Å². The Morgan fingerprint density at radius 3 is 2.89 bits per heavy atom. The molecule has 0 saturated heterocycles. The first-order chi connectivity index (χ1) is 8.76. The van der Waals surface area contributed by atoms with Crippen molar-refractivity contribution in [2.75, 3.05) is 6.54 Å². The van der Waals surface area contributed by atoms with E-state index in [4.69, 9.17) is 4.52 Å². The molecule has 2 heterocycles. The fourth-order valence-electron chi connectivity index (χ4n) is 2.02. The fraction of sp³-hybridized carbons (Fsp3) is 0.583. The third kappa shape index (κ3) is 2.76. The molecule has 0 saturated carbocycles. The van der Waals surface area contributed by atoms with Crippen LogP contribution in [0.1, 0.15) is 39.0 Å². The van der Waals surface area contributed by atoms with Crippen molar-refractivity contribution in [3.63, 3.8) is 0 Å². The van der Waals surface area contributed by atoms with Crippen LogP contribution in [-0.4, -0.2) is 27.7 Å². The van der Waals surface area contributed by atoms with Gasteiger partial charge in [-0.05, 0) is 19.9 Å². The number of nitrogens with zero attached hydrogens (tertiary/aromatic N) is 3. The van der Waals surface area contributed by atoms with Gasteiger partial charge in [-0.15, -0.1) is 11.3 Å². The normalized spacial score (nSPS) is 14.6. The molecule has 0 fully saturated rings. The molecule has 6 heteroatoms. The molecule has 2 aromatic rings. The second-order valence-electron chi connectivity index (χ2n) is 4.19. The van der Waals surface area contributed by atoms with Crippen LogP contribution in [0.25, 0.3) is 11.5 Å². The zero-order valence-electron chi connectivity index (χ0n) is 10.9. The van der Waals surface area contributed by atoms with E-state index in [1.165, 1.54) is 11.3 Å². The molecule has 0 aliphatic heterocycles. The lowest BCUT2D eigenvalue weighted by Gasteiger charge is -2.19. The summed E-state index contributed by atoms with van der Waals surface area (Å²) in [6.45, 7) is 7.30. The minimum Gasteiger partial charge on any atom is -0.339 e. The van der Waals surface area contributed by atoms with Crippen molar-refractivity contribution in [2.24, 2.45) is 0 Å². The predicted molar refractivity (Wildman–Crippen MR) is 71.6 cm³/mol. The maximum Gasteiger partial charge on any atom is 0.231 e. The van der Waals surface area contributed by atoms with Crippen LogP contribution >= 0.6 is 11.3 Å². The molecule has 0 bridgehead atoms. The smallest absolute Gasteiger partial charge is 0.231 e. The number of aromatic nitrogens is 3. The standard InChI is InChI=1S/C12H18N4OS/c1-4-9(8(3)13-5-2)12-15-11(16-17-12)10-6-18-7-14-10/h6-9,13H,4-5H2,1-3H3. The Hall–Kier alpha value is -1.27. The predicted octanol–water partition coefficient (Wildman–Crippen LogP) is 2.68. The van der Waals surface area contributed by atoms with Gasteiger partial charge in [0.15, 0.2) is 0 Å². The number of hydrogen-bond donors (Lipinski definition) is 1. The Labute approximate surface area is 111 Å². The van der Waals surface area contributed by atoms with Gasteiger partial charge in [-0.1, -0.05) is 19.0 Å².